The first-order chi connectivity index (χ1) is 17.7. The van der Waals surface area contributed by atoms with Gasteiger partial charge in [0.1, 0.15) is 5.71 Å². The maximum Gasteiger partial charge on any atom is 0.305 e. The Bertz CT molecular complexity index is 1120. The van der Waals surface area contributed by atoms with Crippen molar-refractivity contribution in [3.8, 4) is 0 Å². The summed E-state index contributed by atoms with van der Waals surface area (Å²) in [4.78, 5) is 43.6. The number of halogens is 2. The molecular formula is C28H33Cl2N3O4. The molecule has 0 saturated heterocycles. The zero-order valence-electron chi connectivity index (χ0n) is 21.2. The molecule has 7 nitrogen and oxygen atoms in total. The Labute approximate surface area is 227 Å². The fourth-order valence-corrected chi connectivity index (χ4v) is 5.41. The first-order valence-corrected chi connectivity index (χ1v) is 13.4. The van der Waals surface area contributed by atoms with Gasteiger partial charge in [-0.2, -0.15) is 0 Å². The van der Waals surface area contributed by atoms with Crippen molar-refractivity contribution in [3.63, 3.8) is 0 Å². The molecule has 0 bridgehead atoms. The topological polar surface area (TPSA) is 99.1 Å². The summed E-state index contributed by atoms with van der Waals surface area (Å²) in [5, 5.41) is 12.3. The second kappa shape index (κ2) is 13.6. The van der Waals surface area contributed by atoms with E-state index in [-0.39, 0.29) is 36.9 Å². The summed E-state index contributed by atoms with van der Waals surface area (Å²) >= 11 is 12.5. The molecule has 0 radical (unpaired) electrons. The van der Waals surface area contributed by atoms with Crippen LogP contribution in [0, 0.1) is 0 Å². The molecule has 1 atom stereocenters. The van der Waals surface area contributed by atoms with Crippen molar-refractivity contribution in [2.24, 2.45) is 4.99 Å². The van der Waals surface area contributed by atoms with E-state index in [9.17, 15) is 14.4 Å². The lowest BCUT2D eigenvalue weighted by atomic mass is 9.95. The summed E-state index contributed by atoms with van der Waals surface area (Å²) in [6.07, 6.45) is 5.43. The van der Waals surface area contributed by atoms with Crippen LogP contribution in [0.2, 0.25) is 10.0 Å². The van der Waals surface area contributed by atoms with Gasteiger partial charge in [-0.15, -0.1) is 0 Å². The molecule has 2 aromatic rings. The maximum atomic E-state index is 14.1. The van der Waals surface area contributed by atoms with E-state index in [0.29, 0.717) is 26.9 Å². The fraction of sp³-hybridized carbons (Fsp3) is 0.429. The van der Waals surface area contributed by atoms with E-state index in [1.165, 1.54) is 0 Å². The third-order valence-electron chi connectivity index (χ3n) is 6.59. The average Bonchev–Trinajstić information content (AvgIpc) is 3.38. The number of carbonyl (C=O) groups is 3. The van der Waals surface area contributed by atoms with E-state index in [4.69, 9.17) is 28.3 Å². The minimum Gasteiger partial charge on any atom is -0.481 e. The van der Waals surface area contributed by atoms with E-state index in [1.54, 1.807) is 37.4 Å². The number of nitrogens with zero attached hydrogens (tertiary/aromatic N) is 2. The normalized spacial score (nSPS) is 14.9. The summed E-state index contributed by atoms with van der Waals surface area (Å²) in [6.45, 7) is 2.14. The number of amides is 2. The van der Waals surface area contributed by atoms with Crippen LogP contribution in [0.4, 0.5) is 0 Å². The molecule has 9 heteroatoms. The first kappa shape index (κ1) is 28.7. The SMILES string of the molecule is CCCC(c1ccc(C(=O)NCCC(=O)O)cc1)N(C(=O)/C(=N\C)c1cc(Cl)cc(Cl)c1)C1CCCC1. The highest BCUT2D eigenvalue weighted by Gasteiger charge is 2.35. The minimum atomic E-state index is -0.968. The van der Waals surface area contributed by atoms with Crippen LogP contribution in [-0.4, -0.2) is 53.1 Å². The van der Waals surface area contributed by atoms with E-state index in [2.05, 4.69) is 17.2 Å². The number of hydrogen-bond acceptors (Lipinski definition) is 4. The lowest BCUT2D eigenvalue weighted by Crippen LogP contribution is -2.45. The van der Waals surface area contributed by atoms with Gasteiger partial charge in [0, 0.05) is 40.8 Å². The molecule has 198 valence electrons. The summed E-state index contributed by atoms with van der Waals surface area (Å²) in [5.41, 5.74) is 2.26. The van der Waals surface area contributed by atoms with Crippen LogP contribution in [-0.2, 0) is 9.59 Å². The molecule has 1 aliphatic rings. The summed E-state index contributed by atoms with van der Waals surface area (Å²) in [5.74, 6) is -1.46. The molecule has 0 spiro atoms. The van der Waals surface area contributed by atoms with Gasteiger partial charge in [0.2, 0.25) is 0 Å². The minimum absolute atomic E-state index is 0.0605. The number of rotatable bonds is 11. The second-order valence-corrected chi connectivity index (χ2v) is 10.1. The number of carbonyl (C=O) groups excluding carboxylic acids is 2. The van der Waals surface area contributed by atoms with E-state index in [1.807, 2.05) is 17.0 Å². The fourth-order valence-electron chi connectivity index (χ4n) is 4.89. The molecule has 2 aromatic carbocycles. The lowest BCUT2D eigenvalue weighted by Gasteiger charge is -2.37. The molecule has 2 N–H and O–H groups in total. The average molecular weight is 546 g/mol. The number of aliphatic imine (C=N–C) groups is 1. The number of carboxylic acids is 1. The molecule has 1 saturated carbocycles. The number of benzene rings is 2. The van der Waals surface area contributed by atoms with Gasteiger partial charge in [-0.1, -0.05) is 61.5 Å². The van der Waals surface area contributed by atoms with Gasteiger partial charge in [-0.25, -0.2) is 0 Å². The van der Waals surface area contributed by atoms with Gasteiger partial charge >= 0.3 is 5.97 Å². The first-order valence-electron chi connectivity index (χ1n) is 12.6. The van der Waals surface area contributed by atoms with Crippen molar-refractivity contribution in [2.75, 3.05) is 13.6 Å². The zero-order chi connectivity index (χ0) is 26.9. The van der Waals surface area contributed by atoms with Gasteiger partial charge in [0.15, 0.2) is 0 Å². The Balaban J connectivity index is 1.93. The van der Waals surface area contributed by atoms with Crippen LogP contribution in [0.3, 0.4) is 0 Å². The smallest absolute Gasteiger partial charge is 0.305 e. The molecule has 1 unspecified atom stereocenters. The lowest BCUT2D eigenvalue weighted by molar-refractivity contribution is -0.136. The molecule has 3 rings (SSSR count). The second-order valence-electron chi connectivity index (χ2n) is 9.21. The standard InChI is InChI=1S/C28H33Cl2N3O4/c1-3-6-24(18-9-11-19(12-10-18)27(36)32-14-13-25(34)35)33(23-7-4-5-8-23)28(37)26(31-2)20-15-21(29)17-22(30)16-20/h9-12,15-17,23-24H,3-8,13-14H2,1-2H3,(H,32,36)(H,34,35)/b31-26-. The van der Waals surface area contributed by atoms with Gasteiger partial charge in [0.25, 0.3) is 11.8 Å². The third-order valence-corrected chi connectivity index (χ3v) is 7.03. The van der Waals surface area contributed by atoms with Crippen molar-refractivity contribution >= 4 is 46.7 Å². The highest BCUT2D eigenvalue weighted by molar-refractivity contribution is 6.46. The van der Waals surface area contributed by atoms with Gasteiger partial charge in [0.05, 0.1) is 12.5 Å². The zero-order valence-corrected chi connectivity index (χ0v) is 22.7. The molecule has 1 aliphatic carbocycles. The van der Waals surface area contributed by atoms with Gasteiger partial charge in [-0.05, 0) is 55.2 Å². The Morgan fingerprint density at radius 2 is 1.68 bits per heavy atom. The predicted octanol–water partition coefficient (Wildman–Crippen LogP) is 5.93. The molecular weight excluding hydrogens is 513 g/mol. The van der Waals surface area contributed by atoms with Crippen LogP contribution < -0.4 is 5.32 Å². The van der Waals surface area contributed by atoms with Crippen LogP contribution in [0.15, 0.2) is 47.5 Å². The Morgan fingerprint density at radius 1 is 1.05 bits per heavy atom. The van der Waals surface area contributed by atoms with E-state index >= 15 is 0 Å². The van der Waals surface area contributed by atoms with Crippen molar-refractivity contribution in [2.45, 2.75) is 64.0 Å². The predicted molar refractivity (Wildman–Crippen MR) is 147 cm³/mol. The van der Waals surface area contributed by atoms with Crippen molar-refractivity contribution < 1.29 is 19.5 Å². The number of carboxylic acid groups (broad SMARTS) is 1. The summed E-state index contributed by atoms with van der Waals surface area (Å²) in [6, 6.07) is 12.1. The summed E-state index contributed by atoms with van der Waals surface area (Å²) < 4.78 is 0. The van der Waals surface area contributed by atoms with Crippen LogP contribution in [0.25, 0.3) is 0 Å². The quantitative estimate of drug-likeness (QED) is 0.342. The Kier molecular flexibility index (Phi) is 10.5. The van der Waals surface area contributed by atoms with Gasteiger partial charge < -0.3 is 15.3 Å². The van der Waals surface area contributed by atoms with Crippen LogP contribution >= 0.6 is 23.2 Å². The van der Waals surface area contributed by atoms with E-state index < -0.39 is 5.97 Å². The van der Waals surface area contributed by atoms with Gasteiger partial charge in [-0.3, -0.25) is 19.4 Å². The molecule has 0 heterocycles. The molecule has 1 fully saturated rings. The monoisotopic (exact) mass is 545 g/mol. The highest BCUT2D eigenvalue weighted by Crippen LogP contribution is 2.35. The van der Waals surface area contributed by atoms with Crippen molar-refractivity contribution in [1.29, 1.82) is 0 Å². The van der Waals surface area contributed by atoms with Crippen molar-refractivity contribution in [1.82, 2.24) is 10.2 Å². The van der Waals surface area contributed by atoms with Crippen LogP contribution in [0.5, 0.6) is 0 Å². The molecule has 2 amide bonds. The summed E-state index contributed by atoms with van der Waals surface area (Å²) in [7, 11) is 1.60. The third kappa shape index (κ3) is 7.55. The molecule has 0 aliphatic heterocycles. The maximum absolute atomic E-state index is 14.1. The molecule has 37 heavy (non-hydrogen) atoms. The number of hydrogen-bond donors (Lipinski definition) is 2. The Morgan fingerprint density at radius 3 is 2.22 bits per heavy atom. The van der Waals surface area contributed by atoms with Crippen molar-refractivity contribution in [3.05, 3.63) is 69.2 Å². The largest absolute Gasteiger partial charge is 0.481 e. The number of aliphatic carboxylic acids is 1. The molecule has 0 aromatic heterocycles. The van der Waals surface area contributed by atoms with Crippen LogP contribution in [0.1, 0.15) is 79.4 Å². The van der Waals surface area contributed by atoms with E-state index in [0.717, 1.165) is 44.1 Å². The number of nitrogens with one attached hydrogen (secondary N) is 1. The Hall–Kier alpha value is -2.90. The highest BCUT2D eigenvalue weighted by atomic mass is 35.5.